The minimum absolute atomic E-state index is 0.191. The molecule has 0 saturated heterocycles. The molecular weight excluding hydrogens is 307 g/mol. The third kappa shape index (κ3) is 4.35. The van der Waals surface area contributed by atoms with Crippen LogP contribution in [0.25, 0.3) is 0 Å². The summed E-state index contributed by atoms with van der Waals surface area (Å²) in [5.74, 6) is 0.249. The first kappa shape index (κ1) is 17.1. The molecule has 0 spiro atoms. The highest BCUT2D eigenvalue weighted by atomic mass is 35.5. The second-order valence-electron chi connectivity index (χ2n) is 5.92. The second kappa shape index (κ2) is 7.82. The van der Waals surface area contributed by atoms with Crippen molar-refractivity contribution in [3.8, 4) is 5.75 Å². The number of benzene rings is 1. The molecule has 0 amide bonds. The van der Waals surface area contributed by atoms with Crippen molar-refractivity contribution in [3.63, 3.8) is 0 Å². The Bertz CT molecular complexity index is 489. The van der Waals surface area contributed by atoms with Crippen LogP contribution >= 0.6 is 11.6 Å². The summed E-state index contributed by atoms with van der Waals surface area (Å²) >= 11 is 5.18. The smallest absolute Gasteiger partial charge is 0.356 e. The Hall–Kier alpha value is -1.29. The first-order valence-corrected chi connectivity index (χ1v) is 8.06. The van der Waals surface area contributed by atoms with Crippen molar-refractivity contribution in [2.75, 3.05) is 7.11 Å². The molecule has 0 aromatic heterocycles. The number of alkyl halides is 2. The predicted octanol–water partition coefficient (Wildman–Crippen LogP) is 4.12. The fraction of sp³-hybridized carbons (Fsp3) is 0.588. The van der Waals surface area contributed by atoms with Crippen LogP contribution in [0.2, 0.25) is 0 Å². The third-order valence-corrected chi connectivity index (χ3v) is 4.53. The van der Waals surface area contributed by atoms with Gasteiger partial charge in [0.25, 0.3) is 5.63 Å². The largest absolute Gasteiger partial charge is 0.497 e. The van der Waals surface area contributed by atoms with Crippen LogP contribution in [0.15, 0.2) is 24.3 Å². The van der Waals surface area contributed by atoms with Gasteiger partial charge in [0.2, 0.25) is 0 Å². The van der Waals surface area contributed by atoms with Crippen molar-refractivity contribution < 1.29 is 18.7 Å². The van der Waals surface area contributed by atoms with E-state index in [-0.39, 0.29) is 17.9 Å². The van der Waals surface area contributed by atoms with Gasteiger partial charge >= 0.3 is 5.97 Å². The van der Waals surface area contributed by atoms with E-state index >= 15 is 0 Å². The average molecular weight is 329 g/mol. The third-order valence-electron chi connectivity index (χ3n) is 4.35. The van der Waals surface area contributed by atoms with Crippen LogP contribution in [0.4, 0.5) is 4.39 Å². The highest BCUT2D eigenvalue weighted by Gasteiger charge is 2.35. The van der Waals surface area contributed by atoms with E-state index in [0.29, 0.717) is 0 Å². The quantitative estimate of drug-likeness (QED) is 0.602. The summed E-state index contributed by atoms with van der Waals surface area (Å²) in [5.41, 5.74) is -0.931. The van der Waals surface area contributed by atoms with Crippen molar-refractivity contribution in [2.45, 2.75) is 44.3 Å². The van der Waals surface area contributed by atoms with Gasteiger partial charge in [-0.1, -0.05) is 37.1 Å². The molecule has 1 saturated carbocycles. The van der Waals surface area contributed by atoms with Gasteiger partial charge in [-0.15, -0.1) is 0 Å². The van der Waals surface area contributed by atoms with Gasteiger partial charge in [-0.25, -0.2) is 9.18 Å². The van der Waals surface area contributed by atoms with Gasteiger partial charge in [-0.2, -0.15) is 0 Å². The van der Waals surface area contributed by atoms with Gasteiger partial charge in [0.15, 0.2) is 0 Å². The van der Waals surface area contributed by atoms with Crippen molar-refractivity contribution in [1.82, 2.24) is 0 Å². The number of hydrogen-bond donors (Lipinski definition) is 0. The highest BCUT2D eigenvalue weighted by Crippen LogP contribution is 2.34. The maximum absolute atomic E-state index is 12.9. The lowest BCUT2D eigenvalue weighted by atomic mass is 9.77. The predicted molar refractivity (Wildman–Crippen MR) is 83.8 cm³/mol. The van der Waals surface area contributed by atoms with Gasteiger partial charge in [-0.3, -0.25) is 0 Å². The maximum atomic E-state index is 12.9. The molecule has 1 aliphatic carbocycles. The minimum atomic E-state index is -2.09. The van der Waals surface area contributed by atoms with Crippen LogP contribution in [0.5, 0.6) is 5.75 Å². The van der Waals surface area contributed by atoms with Crippen molar-refractivity contribution in [3.05, 3.63) is 29.8 Å². The molecule has 1 fully saturated rings. The fourth-order valence-electron chi connectivity index (χ4n) is 3.18. The van der Waals surface area contributed by atoms with E-state index in [4.69, 9.17) is 21.1 Å². The molecule has 1 aliphatic rings. The van der Waals surface area contributed by atoms with Gasteiger partial charge in [-0.05, 0) is 42.9 Å². The number of methoxy groups -OCH3 is 1. The van der Waals surface area contributed by atoms with Crippen molar-refractivity contribution >= 4 is 17.6 Å². The lowest BCUT2D eigenvalue weighted by Gasteiger charge is -2.36. The summed E-state index contributed by atoms with van der Waals surface area (Å²) in [6.07, 6.45) is 3.56. The molecule has 5 heteroatoms. The summed E-state index contributed by atoms with van der Waals surface area (Å²) in [6.45, 7) is 2.04. The molecule has 122 valence electrons. The van der Waals surface area contributed by atoms with Crippen LogP contribution < -0.4 is 4.74 Å². The molecule has 0 radical (unpaired) electrons. The van der Waals surface area contributed by atoms with Gasteiger partial charge in [0.1, 0.15) is 11.9 Å². The van der Waals surface area contributed by atoms with Gasteiger partial charge in [0, 0.05) is 5.92 Å². The topological polar surface area (TPSA) is 35.5 Å². The number of carbonyl (C=O) groups is 1. The molecule has 3 nitrogen and oxygen atoms in total. The van der Waals surface area contributed by atoms with Crippen LogP contribution in [0.3, 0.4) is 0 Å². The number of esters is 1. The van der Waals surface area contributed by atoms with Crippen LogP contribution in [-0.4, -0.2) is 24.8 Å². The summed E-state index contributed by atoms with van der Waals surface area (Å²) in [7, 11) is 1.63. The van der Waals surface area contributed by atoms with Gasteiger partial charge < -0.3 is 9.47 Å². The summed E-state index contributed by atoms with van der Waals surface area (Å²) in [4.78, 5) is 11.5. The van der Waals surface area contributed by atoms with E-state index in [9.17, 15) is 9.18 Å². The Morgan fingerprint density at radius 2 is 2.05 bits per heavy atom. The first-order valence-electron chi connectivity index (χ1n) is 7.63. The van der Waals surface area contributed by atoms with E-state index in [1.165, 1.54) is 0 Å². The summed E-state index contributed by atoms with van der Waals surface area (Å²) < 4.78 is 23.4. The molecule has 0 bridgehead atoms. The number of halogens is 2. The highest BCUT2D eigenvalue weighted by molar-refractivity contribution is 6.28. The normalized spacial score (nSPS) is 26.3. The molecule has 0 aliphatic heterocycles. The average Bonchev–Trinajstić information content (AvgIpc) is 2.51. The Kier molecular flexibility index (Phi) is 6.07. The van der Waals surface area contributed by atoms with E-state index in [1.54, 1.807) is 7.11 Å². The van der Waals surface area contributed by atoms with E-state index in [2.05, 4.69) is 0 Å². The van der Waals surface area contributed by atoms with Crippen molar-refractivity contribution in [2.24, 2.45) is 11.8 Å². The molecule has 2 rings (SSSR count). The van der Waals surface area contributed by atoms with Crippen LogP contribution in [0, 0.1) is 11.8 Å². The standard InChI is InChI=1S/C17H22ClFO3/c1-11-4-3-5-13(15(11)22-17(20)16(18)19)10-12-6-8-14(21-2)9-7-12/h6-9,11,13,15-16H,3-5,10H2,1-2H3. The SMILES string of the molecule is COc1ccc(CC2CCCC(C)C2OC(=O)C(F)Cl)cc1. The van der Waals surface area contributed by atoms with E-state index in [0.717, 1.165) is 37.0 Å². The molecule has 1 aromatic rings. The molecule has 1 aromatic carbocycles. The zero-order valence-corrected chi connectivity index (χ0v) is 13.7. The Labute approximate surface area is 135 Å². The molecule has 0 N–H and O–H groups in total. The summed E-state index contributed by atoms with van der Waals surface area (Å²) in [5, 5.41) is 0. The Balaban J connectivity index is 2.06. The van der Waals surface area contributed by atoms with E-state index < -0.39 is 11.6 Å². The van der Waals surface area contributed by atoms with Gasteiger partial charge in [0.05, 0.1) is 7.11 Å². The lowest BCUT2D eigenvalue weighted by molar-refractivity contribution is -0.160. The second-order valence-corrected chi connectivity index (χ2v) is 6.31. The molecule has 4 unspecified atom stereocenters. The lowest BCUT2D eigenvalue weighted by Crippen LogP contribution is -2.38. The summed E-state index contributed by atoms with van der Waals surface area (Å²) in [6, 6.07) is 7.85. The number of carbonyl (C=O) groups excluding carboxylic acids is 1. The van der Waals surface area contributed by atoms with Crippen LogP contribution in [-0.2, 0) is 16.0 Å². The molecular formula is C17H22ClFO3. The fourth-order valence-corrected chi connectivity index (χ4v) is 3.23. The number of hydrogen-bond acceptors (Lipinski definition) is 3. The number of ether oxygens (including phenoxy) is 2. The monoisotopic (exact) mass is 328 g/mol. The maximum Gasteiger partial charge on any atom is 0.356 e. The molecule has 0 heterocycles. The Morgan fingerprint density at radius 3 is 2.64 bits per heavy atom. The van der Waals surface area contributed by atoms with E-state index in [1.807, 2.05) is 31.2 Å². The van der Waals surface area contributed by atoms with Crippen molar-refractivity contribution in [1.29, 1.82) is 0 Å². The zero-order valence-electron chi connectivity index (χ0n) is 12.9. The first-order chi connectivity index (χ1) is 10.5. The zero-order chi connectivity index (χ0) is 16.1. The molecule has 22 heavy (non-hydrogen) atoms. The minimum Gasteiger partial charge on any atom is -0.497 e. The van der Waals surface area contributed by atoms with Crippen LogP contribution in [0.1, 0.15) is 31.7 Å². The number of rotatable bonds is 5. The molecule has 4 atom stereocenters. The Morgan fingerprint density at radius 1 is 1.36 bits per heavy atom.